The van der Waals surface area contributed by atoms with E-state index in [0.29, 0.717) is 32.4 Å². The second-order valence-corrected chi connectivity index (χ2v) is 5.16. The van der Waals surface area contributed by atoms with Gasteiger partial charge in [-0.15, -0.1) is 0 Å². The molecule has 1 aliphatic rings. The van der Waals surface area contributed by atoms with Crippen LogP contribution in [0.4, 0.5) is 0 Å². The lowest BCUT2D eigenvalue weighted by atomic mass is 10.0. The maximum atomic E-state index is 12.1. The first kappa shape index (κ1) is 13.8. The molecule has 0 atom stereocenters. The number of nitrogens with zero attached hydrogens (tertiary/aromatic N) is 1. The molecule has 0 N–H and O–H groups in total. The molecule has 1 heterocycles. The normalized spacial score (nSPS) is 15.6. The van der Waals surface area contributed by atoms with E-state index in [9.17, 15) is 9.59 Å². The van der Waals surface area contributed by atoms with E-state index in [1.165, 1.54) is 5.56 Å². The maximum absolute atomic E-state index is 12.1. The predicted molar refractivity (Wildman–Crippen MR) is 75.0 cm³/mol. The predicted octanol–water partition coefficient (Wildman–Crippen LogP) is 2.37. The summed E-state index contributed by atoms with van der Waals surface area (Å²) in [6, 6.07) is 8.29. The number of hydrogen-bond acceptors (Lipinski definition) is 2. The van der Waals surface area contributed by atoms with Crippen molar-refractivity contribution in [3.8, 4) is 0 Å². The van der Waals surface area contributed by atoms with Crippen LogP contribution in [-0.4, -0.2) is 29.7 Å². The first-order chi connectivity index (χ1) is 9.19. The van der Waals surface area contributed by atoms with Crippen LogP contribution in [0, 0.1) is 0 Å². The molecule has 1 saturated heterocycles. The van der Waals surface area contributed by atoms with Gasteiger partial charge in [0, 0.05) is 25.9 Å². The lowest BCUT2D eigenvalue weighted by molar-refractivity contribution is -0.133. The molecule has 1 aromatic carbocycles. The number of likely N-dealkylation sites (tertiary alicyclic amines) is 1. The topological polar surface area (TPSA) is 37.4 Å². The second-order valence-electron chi connectivity index (χ2n) is 5.16. The molecule has 102 valence electrons. The van der Waals surface area contributed by atoms with Crippen LogP contribution >= 0.6 is 0 Å². The van der Waals surface area contributed by atoms with Crippen molar-refractivity contribution in [3.63, 3.8) is 0 Å². The summed E-state index contributed by atoms with van der Waals surface area (Å²) in [5.74, 6) is 0.406. The van der Waals surface area contributed by atoms with Crippen molar-refractivity contribution in [1.82, 2.24) is 4.90 Å². The van der Waals surface area contributed by atoms with Gasteiger partial charge in [0.25, 0.3) is 0 Å². The van der Waals surface area contributed by atoms with E-state index >= 15 is 0 Å². The fourth-order valence-corrected chi connectivity index (χ4v) is 2.40. The molecule has 19 heavy (non-hydrogen) atoms. The van der Waals surface area contributed by atoms with E-state index in [1.54, 1.807) is 4.90 Å². The zero-order valence-corrected chi connectivity index (χ0v) is 11.5. The minimum atomic E-state index is 0.135. The van der Waals surface area contributed by atoms with E-state index in [-0.39, 0.29) is 11.7 Å². The van der Waals surface area contributed by atoms with Crippen LogP contribution < -0.4 is 0 Å². The molecule has 2 rings (SSSR count). The van der Waals surface area contributed by atoms with Gasteiger partial charge in [-0.1, -0.05) is 37.6 Å². The van der Waals surface area contributed by atoms with Crippen molar-refractivity contribution in [2.45, 2.75) is 39.0 Å². The van der Waals surface area contributed by atoms with E-state index in [4.69, 9.17) is 0 Å². The van der Waals surface area contributed by atoms with Gasteiger partial charge in [0.1, 0.15) is 5.78 Å². The standard InChI is InChI=1S/C16H21NO2/c1-2-3-13-4-6-14(7-5-13)12-16(19)17-10-8-15(18)9-11-17/h4-7H,2-3,8-12H2,1H3. The first-order valence-corrected chi connectivity index (χ1v) is 7.06. The van der Waals surface area contributed by atoms with Crippen molar-refractivity contribution < 1.29 is 9.59 Å². The van der Waals surface area contributed by atoms with E-state index in [1.807, 2.05) is 12.1 Å². The molecule has 0 spiro atoms. The number of Topliss-reactive ketones (excluding diaryl/α,β-unsaturated/α-hetero) is 1. The van der Waals surface area contributed by atoms with Crippen LogP contribution in [0.3, 0.4) is 0 Å². The van der Waals surface area contributed by atoms with Gasteiger partial charge >= 0.3 is 0 Å². The number of hydrogen-bond donors (Lipinski definition) is 0. The fraction of sp³-hybridized carbons (Fsp3) is 0.500. The summed E-state index contributed by atoms with van der Waals surface area (Å²) in [7, 11) is 0. The average molecular weight is 259 g/mol. The van der Waals surface area contributed by atoms with Gasteiger partial charge in [0.15, 0.2) is 0 Å². The minimum Gasteiger partial charge on any atom is -0.342 e. The monoisotopic (exact) mass is 259 g/mol. The molecule has 0 aliphatic carbocycles. The molecule has 0 radical (unpaired) electrons. The van der Waals surface area contributed by atoms with Gasteiger partial charge in [0.05, 0.1) is 6.42 Å². The molecular formula is C16H21NO2. The summed E-state index contributed by atoms with van der Waals surface area (Å²) < 4.78 is 0. The third-order valence-corrected chi connectivity index (χ3v) is 3.59. The lowest BCUT2D eigenvalue weighted by Gasteiger charge is -2.26. The molecule has 3 nitrogen and oxygen atoms in total. The summed E-state index contributed by atoms with van der Waals surface area (Å²) in [4.78, 5) is 25.1. The van der Waals surface area contributed by atoms with Crippen molar-refractivity contribution in [3.05, 3.63) is 35.4 Å². The Morgan fingerprint density at radius 2 is 1.68 bits per heavy atom. The number of amides is 1. The van der Waals surface area contributed by atoms with Gasteiger partial charge in [-0.2, -0.15) is 0 Å². The van der Waals surface area contributed by atoms with Gasteiger partial charge in [0.2, 0.25) is 5.91 Å². The summed E-state index contributed by atoms with van der Waals surface area (Å²) in [6.07, 6.45) is 3.70. The van der Waals surface area contributed by atoms with E-state index in [0.717, 1.165) is 18.4 Å². The van der Waals surface area contributed by atoms with Crippen molar-refractivity contribution in [2.75, 3.05) is 13.1 Å². The quantitative estimate of drug-likeness (QED) is 0.832. The van der Waals surface area contributed by atoms with Crippen LogP contribution in [0.2, 0.25) is 0 Å². The Balaban J connectivity index is 1.89. The van der Waals surface area contributed by atoms with Crippen molar-refractivity contribution >= 4 is 11.7 Å². The smallest absolute Gasteiger partial charge is 0.227 e. The highest BCUT2D eigenvalue weighted by Gasteiger charge is 2.20. The fourth-order valence-electron chi connectivity index (χ4n) is 2.40. The average Bonchev–Trinajstić information content (AvgIpc) is 2.42. The maximum Gasteiger partial charge on any atom is 0.227 e. The number of benzene rings is 1. The molecule has 1 aromatic rings. The number of rotatable bonds is 4. The number of piperidine rings is 1. The Bertz CT molecular complexity index is 440. The van der Waals surface area contributed by atoms with E-state index in [2.05, 4.69) is 19.1 Å². The minimum absolute atomic E-state index is 0.135. The zero-order chi connectivity index (χ0) is 13.7. The van der Waals surface area contributed by atoms with Crippen LogP contribution in [0.1, 0.15) is 37.3 Å². The highest BCUT2D eigenvalue weighted by Crippen LogP contribution is 2.11. The Morgan fingerprint density at radius 1 is 1.11 bits per heavy atom. The molecule has 0 saturated carbocycles. The molecular weight excluding hydrogens is 238 g/mol. The molecule has 3 heteroatoms. The van der Waals surface area contributed by atoms with Crippen LogP contribution in [0.25, 0.3) is 0 Å². The summed E-state index contributed by atoms with van der Waals surface area (Å²) in [5, 5.41) is 0. The van der Waals surface area contributed by atoms with Crippen molar-refractivity contribution in [2.24, 2.45) is 0 Å². The van der Waals surface area contributed by atoms with Crippen molar-refractivity contribution in [1.29, 1.82) is 0 Å². The number of ketones is 1. The van der Waals surface area contributed by atoms with Crippen LogP contribution in [0.15, 0.2) is 24.3 Å². The Labute approximate surface area is 114 Å². The summed E-state index contributed by atoms with van der Waals surface area (Å²) in [5.41, 5.74) is 2.38. The van der Waals surface area contributed by atoms with Crippen LogP contribution in [-0.2, 0) is 22.4 Å². The number of aryl methyl sites for hydroxylation is 1. The molecule has 0 aromatic heterocycles. The molecule has 1 fully saturated rings. The SMILES string of the molecule is CCCc1ccc(CC(=O)N2CCC(=O)CC2)cc1. The van der Waals surface area contributed by atoms with Crippen LogP contribution in [0.5, 0.6) is 0 Å². The lowest BCUT2D eigenvalue weighted by Crippen LogP contribution is -2.39. The Hall–Kier alpha value is -1.64. The van der Waals surface area contributed by atoms with Gasteiger partial charge < -0.3 is 4.90 Å². The molecule has 0 bridgehead atoms. The Morgan fingerprint density at radius 3 is 2.26 bits per heavy atom. The number of carbonyl (C=O) groups is 2. The van der Waals surface area contributed by atoms with Gasteiger partial charge in [-0.05, 0) is 17.5 Å². The largest absolute Gasteiger partial charge is 0.342 e. The first-order valence-electron chi connectivity index (χ1n) is 7.06. The summed E-state index contributed by atoms with van der Waals surface area (Å²) in [6.45, 7) is 3.34. The van der Waals surface area contributed by atoms with Gasteiger partial charge in [-0.25, -0.2) is 0 Å². The third kappa shape index (κ3) is 3.91. The zero-order valence-electron chi connectivity index (χ0n) is 11.5. The number of carbonyl (C=O) groups excluding carboxylic acids is 2. The Kier molecular flexibility index (Phi) is 4.72. The highest BCUT2D eigenvalue weighted by molar-refractivity contribution is 5.84. The molecule has 1 amide bonds. The molecule has 1 aliphatic heterocycles. The molecule has 0 unspecified atom stereocenters. The second kappa shape index (κ2) is 6.50. The third-order valence-electron chi connectivity index (χ3n) is 3.59. The summed E-state index contributed by atoms with van der Waals surface area (Å²) >= 11 is 0. The highest BCUT2D eigenvalue weighted by atomic mass is 16.2. The van der Waals surface area contributed by atoms with Gasteiger partial charge in [-0.3, -0.25) is 9.59 Å². The van der Waals surface area contributed by atoms with E-state index < -0.39 is 0 Å².